The summed E-state index contributed by atoms with van der Waals surface area (Å²) >= 11 is 0. The van der Waals surface area contributed by atoms with Crippen molar-refractivity contribution in [2.45, 2.75) is 19.4 Å². The van der Waals surface area contributed by atoms with Gasteiger partial charge in [0.05, 0.1) is 5.92 Å². The number of nitrogens with one attached hydrogen (secondary N) is 2. The van der Waals surface area contributed by atoms with Gasteiger partial charge in [0.1, 0.15) is 0 Å². The zero-order chi connectivity index (χ0) is 15.3. The van der Waals surface area contributed by atoms with Crippen molar-refractivity contribution in [3.63, 3.8) is 0 Å². The van der Waals surface area contributed by atoms with Crippen molar-refractivity contribution in [2.24, 2.45) is 5.92 Å². The standard InChI is InChI=1S/C18H21N3O/c1-3-19-18(22)12-7-14-13-5-4-6-15-17(13)11(9-20-15)8-16(14)21(2)10-12/h4-7,9,12,16,20H,3,8,10H2,1-2H3,(H,19,22). The molecule has 0 bridgehead atoms. The van der Waals surface area contributed by atoms with Crippen LogP contribution in [0.25, 0.3) is 16.5 Å². The molecule has 0 saturated heterocycles. The Bertz CT molecular complexity index is 774. The first-order chi connectivity index (χ1) is 10.7. The van der Waals surface area contributed by atoms with Gasteiger partial charge in [0.25, 0.3) is 0 Å². The van der Waals surface area contributed by atoms with Gasteiger partial charge in [0, 0.05) is 36.2 Å². The summed E-state index contributed by atoms with van der Waals surface area (Å²) in [5.41, 5.74) is 5.17. The Morgan fingerprint density at radius 3 is 3.14 bits per heavy atom. The van der Waals surface area contributed by atoms with Gasteiger partial charge >= 0.3 is 0 Å². The lowest BCUT2D eigenvalue weighted by molar-refractivity contribution is -0.124. The number of rotatable bonds is 2. The second-order valence-electron chi connectivity index (χ2n) is 6.32. The van der Waals surface area contributed by atoms with Crippen LogP contribution >= 0.6 is 0 Å². The molecule has 0 spiro atoms. The molecular weight excluding hydrogens is 274 g/mol. The number of aromatic nitrogens is 1. The average molecular weight is 295 g/mol. The fourth-order valence-corrected chi connectivity index (χ4v) is 3.92. The Morgan fingerprint density at radius 2 is 2.32 bits per heavy atom. The van der Waals surface area contributed by atoms with Gasteiger partial charge < -0.3 is 10.3 Å². The molecule has 2 aromatic rings. The van der Waals surface area contributed by atoms with Crippen molar-refractivity contribution in [1.82, 2.24) is 15.2 Å². The van der Waals surface area contributed by atoms with E-state index in [2.05, 4.69) is 52.7 Å². The van der Waals surface area contributed by atoms with Crippen molar-refractivity contribution < 1.29 is 4.79 Å². The van der Waals surface area contributed by atoms with E-state index < -0.39 is 0 Å². The summed E-state index contributed by atoms with van der Waals surface area (Å²) in [7, 11) is 2.13. The fourth-order valence-electron chi connectivity index (χ4n) is 3.92. The Balaban J connectivity index is 1.84. The molecule has 114 valence electrons. The van der Waals surface area contributed by atoms with Crippen molar-refractivity contribution in [2.75, 3.05) is 20.1 Å². The van der Waals surface area contributed by atoms with Crippen LogP contribution in [0, 0.1) is 5.92 Å². The van der Waals surface area contributed by atoms with Crippen molar-refractivity contribution in [3.8, 4) is 0 Å². The molecule has 2 heterocycles. The molecule has 22 heavy (non-hydrogen) atoms. The predicted octanol–water partition coefficient (Wildman–Crippen LogP) is 2.17. The van der Waals surface area contributed by atoms with Crippen LogP contribution in [0.3, 0.4) is 0 Å². The lowest BCUT2D eigenvalue weighted by Crippen LogP contribution is -2.46. The van der Waals surface area contributed by atoms with Crippen LogP contribution < -0.4 is 5.32 Å². The third kappa shape index (κ3) is 1.91. The number of H-pyrrole nitrogens is 1. The number of nitrogens with zero attached hydrogens (tertiary/aromatic N) is 1. The molecule has 0 radical (unpaired) electrons. The quantitative estimate of drug-likeness (QED) is 0.892. The molecule has 2 unspecified atom stereocenters. The van der Waals surface area contributed by atoms with E-state index in [1.54, 1.807) is 0 Å². The van der Waals surface area contributed by atoms with E-state index in [1.807, 2.05) is 6.92 Å². The number of carbonyl (C=O) groups excluding carboxylic acids is 1. The Kier molecular flexibility index (Phi) is 3.08. The number of hydrogen-bond acceptors (Lipinski definition) is 2. The van der Waals surface area contributed by atoms with E-state index >= 15 is 0 Å². The van der Waals surface area contributed by atoms with Gasteiger partial charge in [-0.25, -0.2) is 0 Å². The highest BCUT2D eigenvalue weighted by atomic mass is 16.1. The molecule has 1 aromatic heterocycles. The first-order valence-corrected chi connectivity index (χ1v) is 7.98. The Labute approximate surface area is 130 Å². The number of carbonyl (C=O) groups is 1. The molecule has 0 fully saturated rings. The van der Waals surface area contributed by atoms with Gasteiger partial charge in [-0.15, -0.1) is 0 Å². The van der Waals surface area contributed by atoms with Crippen LogP contribution in [0.1, 0.15) is 18.1 Å². The monoisotopic (exact) mass is 295 g/mol. The van der Waals surface area contributed by atoms with Gasteiger partial charge in [-0.3, -0.25) is 9.69 Å². The maximum absolute atomic E-state index is 12.3. The minimum absolute atomic E-state index is 0.0630. The summed E-state index contributed by atoms with van der Waals surface area (Å²) in [5.74, 6) is 0.0688. The van der Waals surface area contributed by atoms with E-state index in [0.29, 0.717) is 12.6 Å². The summed E-state index contributed by atoms with van der Waals surface area (Å²) in [6, 6.07) is 6.78. The third-order valence-electron chi connectivity index (χ3n) is 4.96. The number of hydrogen-bond donors (Lipinski definition) is 2. The summed E-state index contributed by atoms with van der Waals surface area (Å²) in [6.45, 7) is 3.44. The molecule has 4 nitrogen and oxygen atoms in total. The van der Waals surface area contributed by atoms with Crippen LogP contribution in [-0.4, -0.2) is 42.0 Å². The molecule has 2 N–H and O–H groups in total. The molecule has 2 aliphatic rings. The van der Waals surface area contributed by atoms with Crippen molar-refractivity contribution in [1.29, 1.82) is 0 Å². The highest BCUT2D eigenvalue weighted by Crippen LogP contribution is 2.40. The van der Waals surface area contributed by atoms with Crippen LogP contribution in [0.5, 0.6) is 0 Å². The lowest BCUT2D eigenvalue weighted by Gasteiger charge is -2.39. The van der Waals surface area contributed by atoms with E-state index in [0.717, 1.165) is 13.0 Å². The molecule has 4 rings (SSSR count). The molecular formula is C18H21N3O. The third-order valence-corrected chi connectivity index (χ3v) is 4.96. The van der Waals surface area contributed by atoms with Crippen molar-refractivity contribution in [3.05, 3.63) is 41.6 Å². The minimum Gasteiger partial charge on any atom is -0.361 e. The normalized spacial score (nSPS) is 24.0. The number of aromatic amines is 1. The van der Waals surface area contributed by atoms with Gasteiger partial charge in [-0.05, 0) is 43.2 Å². The summed E-state index contributed by atoms with van der Waals surface area (Å²) in [5, 5.41) is 4.28. The van der Waals surface area contributed by atoms with Gasteiger partial charge in [0.15, 0.2) is 0 Å². The lowest BCUT2D eigenvalue weighted by atomic mass is 9.80. The topological polar surface area (TPSA) is 48.1 Å². The van der Waals surface area contributed by atoms with Gasteiger partial charge in [0.2, 0.25) is 5.91 Å². The number of amides is 1. The summed E-state index contributed by atoms with van der Waals surface area (Å²) in [4.78, 5) is 18.0. The SMILES string of the molecule is CCNC(=O)C1C=C2c3cccc4[nH]cc(c34)CC2N(C)C1. The first kappa shape index (κ1) is 13.6. The molecule has 4 heteroatoms. The minimum atomic E-state index is -0.0630. The fraction of sp³-hybridized carbons (Fsp3) is 0.389. The Morgan fingerprint density at radius 1 is 1.45 bits per heavy atom. The van der Waals surface area contributed by atoms with Gasteiger partial charge in [-0.2, -0.15) is 0 Å². The average Bonchev–Trinajstić information content (AvgIpc) is 2.93. The zero-order valence-electron chi connectivity index (χ0n) is 13.0. The molecule has 1 amide bonds. The van der Waals surface area contributed by atoms with E-state index in [1.165, 1.54) is 27.6 Å². The van der Waals surface area contributed by atoms with E-state index in [-0.39, 0.29) is 11.8 Å². The molecule has 2 atom stereocenters. The van der Waals surface area contributed by atoms with Crippen molar-refractivity contribution >= 4 is 22.4 Å². The maximum Gasteiger partial charge on any atom is 0.228 e. The predicted molar refractivity (Wildman–Crippen MR) is 88.6 cm³/mol. The molecule has 1 aliphatic heterocycles. The molecule has 1 aromatic carbocycles. The first-order valence-electron chi connectivity index (χ1n) is 7.98. The number of fused-ring (bicyclic) bond motifs is 2. The zero-order valence-corrected chi connectivity index (χ0v) is 13.0. The summed E-state index contributed by atoms with van der Waals surface area (Å²) < 4.78 is 0. The number of benzene rings is 1. The second kappa shape index (κ2) is 4.99. The highest BCUT2D eigenvalue weighted by molar-refractivity contribution is 5.99. The maximum atomic E-state index is 12.3. The van der Waals surface area contributed by atoms with Gasteiger partial charge in [-0.1, -0.05) is 18.2 Å². The van der Waals surface area contributed by atoms with Crippen LogP contribution in [0.4, 0.5) is 0 Å². The second-order valence-corrected chi connectivity index (χ2v) is 6.32. The largest absolute Gasteiger partial charge is 0.361 e. The molecule has 1 aliphatic carbocycles. The highest BCUT2D eigenvalue weighted by Gasteiger charge is 2.35. The smallest absolute Gasteiger partial charge is 0.228 e. The summed E-state index contributed by atoms with van der Waals surface area (Å²) in [6.07, 6.45) is 5.34. The number of likely N-dealkylation sites (N-methyl/N-ethyl adjacent to an activating group) is 1. The van der Waals surface area contributed by atoms with E-state index in [9.17, 15) is 4.79 Å². The van der Waals surface area contributed by atoms with E-state index in [4.69, 9.17) is 0 Å². The molecule has 0 saturated carbocycles. The van der Waals surface area contributed by atoms with Crippen LogP contribution in [0.2, 0.25) is 0 Å². The van der Waals surface area contributed by atoms with Crippen LogP contribution in [-0.2, 0) is 11.2 Å². The Hall–Kier alpha value is -2.07. The van der Waals surface area contributed by atoms with Crippen LogP contribution in [0.15, 0.2) is 30.5 Å².